The van der Waals surface area contributed by atoms with E-state index in [0.717, 1.165) is 23.3 Å². The Morgan fingerprint density at radius 1 is 1.40 bits per heavy atom. The molecule has 6 heteroatoms. The highest BCUT2D eigenvalue weighted by Crippen LogP contribution is 2.26. The van der Waals surface area contributed by atoms with Gasteiger partial charge in [-0.05, 0) is 26.0 Å². The van der Waals surface area contributed by atoms with Crippen LogP contribution in [-0.4, -0.2) is 34.8 Å². The van der Waals surface area contributed by atoms with Crippen molar-refractivity contribution in [1.29, 1.82) is 0 Å². The first-order valence-corrected chi connectivity index (χ1v) is 7.28. The van der Waals surface area contributed by atoms with Crippen molar-refractivity contribution in [3.63, 3.8) is 0 Å². The zero-order chi connectivity index (χ0) is 14.5. The monoisotopic (exact) mass is 291 g/mol. The van der Waals surface area contributed by atoms with E-state index in [4.69, 9.17) is 4.74 Å². The van der Waals surface area contributed by atoms with Crippen LogP contribution in [0.1, 0.15) is 13.8 Å². The predicted octanol–water partition coefficient (Wildman–Crippen LogP) is 2.72. The average molecular weight is 291 g/mol. The molecule has 0 amide bonds. The van der Waals surface area contributed by atoms with E-state index in [1.165, 1.54) is 18.9 Å². The SMILES string of the molecule is CCNc1nc(SC(C)C(=O)OC)nc2ccccc12. The molecule has 0 aliphatic heterocycles. The molecule has 0 saturated heterocycles. The summed E-state index contributed by atoms with van der Waals surface area (Å²) in [5, 5.41) is 4.43. The van der Waals surface area contributed by atoms with Gasteiger partial charge in [-0.25, -0.2) is 9.97 Å². The van der Waals surface area contributed by atoms with E-state index in [0.29, 0.717) is 5.16 Å². The highest BCUT2D eigenvalue weighted by atomic mass is 32.2. The minimum absolute atomic E-state index is 0.281. The number of hydrogen-bond acceptors (Lipinski definition) is 6. The lowest BCUT2D eigenvalue weighted by Gasteiger charge is -2.11. The number of rotatable bonds is 5. The third-order valence-electron chi connectivity index (χ3n) is 2.74. The van der Waals surface area contributed by atoms with Crippen molar-refractivity contribution in [3.05, 3.63) is 24.3 Å². The predicted molar refractivity (Wildman–Crippen MR) is 81.0 cm³/mol. The Kier molecular flexibility index (Phi) is 4.79. The molecule has 5 nitrogen and oxygen atoms in total. The fourth-order valence-electron chi connectivity index (χ4n) is 1.78. The number of nitrogens with one attached hydrogen (secondary N) is 1. The smallest absolute Gasteiger partial charge is 0.318 e. The quantitative estimate of drug-likeness (QED) is 0.519. The van der Waals surface area contributed by atoms with Gasteiger partial charge in [-0.3, -0.25) is 4.79 Å². The number of hydrogen-bond donors (Lipinski definition) is 1. The Morgan fingerprint density at radius 3 is 2.85 bits per heavy atom. The lowest BCUT2D eigenvalue weighted by molar-refractivity contribution is -0.139. The number of anilines is 1. The van der Waals surface area contributed by atoms with Crippen molar-refractivity contribution in [3.8, 4) is 0 Å². The topological polar surface area (TPSA) is 64.1 Å². The number of thioether (sulfide) groups is 1. The fraction of sp³-hybridized carbons (Fsp3) is 0.357. The van der Waals surface area contributed by atoms with Gasteiger partial charge in [0.2, 0.25) is 0 Å². The zero-order valence-electron chi connectivity index (χ0n) is 11.7. The highest BCUT2D eigenvalue weighted by molar-refractivity contribution is 8.00. The molecule has 1 heterocycles. The van der Waals surface area contributed by atoms with E-state index >= 15 is 0 Å². The molecule has 0 aliphatic carbocycles. The van der Waals surface area contributed by atoms with E-state index in [1.54, 1.807) is 6.92 Å². The first-order chi connectivity index (χ1) is 9.65. The van der Waals surface area contributed by atoms with Crippen LogP contribution in [0.3, 0.4) is 0 Å². The van der Waals surface area contributed by atoms with Crippen LogP contribution in [0.4, 0.5) is 5.82 Å². The summed E-state index contributed by atoms with van der Waals surface area (Å²) >= 11 is 1.29. The number of fused-ring (bicyclic) bond motifs is 1. The van der Waals surface area contributed by atoms with E-state index < -0.39 is 0 Å². The molecule has 0 saturated carbocycles. The molecule has 1 atom stereocenters. The minimum Gasteiger partial charge on any atom is -0.468 e. The third-order valence-corrected chi connectivity index (χ3v) is 3.68. The van der Waals surface area contributed by atoms with Crippen molar-refractivity contribution in [1.82, 2.24) is 9.97 Å². The molecule has 2 rings (SSSR count). The van der Waals surface area contributed by atoms with Gasteiger partial charge in [-0.2, -0.15) is 0 Å². The van der Waals surface area contributed by atoms with Gasteiger partial charge in [0.15, 0.2) is 5.16 Å². The van der Waals surface area contributed by atoms with Crippen LogP contribution < -0.4 is 5.32 Å². The molecule has 1 aromatic carbocycles. The number of aromatic nitrogens is 2. The summed E-state index contributed by atoms with van der Waals surface area (Å²) < 4.78 is 4.72. The summed E-state index contributed by atoms with van der Waals surface area (Å²) in [7, 11) is 1.38. The van der Waals surface area contributed by atoms with Gasteiger partial charge in [0.05, 0.1) is 12.6 Å². The van der Waals surface area contributed by atoms with Gasteiger partial charge in [-0.1, -0.05) is 23.9 Å². The molecule has 106 valence electrons. The molecule has 0 bridgehead atoms. The van der Waals surface area contributed by atoms with Crippen molar-refractivity contribution < 1.29 is 9.53 Å². The van der Waals surface area contributed by atoms with Crippen molar-refractivity contribution in [2.45, 2.75) is 24.3 Å². The number of carbonyl (C=O) groups excluding carboxylic acids is 1. The molecule has 1 N–H and O–H groups in total. The zero-order valence-corrected chi connectivity index (χ0v) is 12.5. The standard InChI is InChI=1S/C14H17N3O2S/c1-4-15-12-10-7-5-6-8-11(10)16-14(17-12)20-9(2)13(18)19-3/h5-9H,4H2,1-3H3,(H,15,16,17). The molecular formula is C14H17N3O2S. The molecule has 0 aliphatic rings. The van der Waals surface area contributed by atoms with Gasteiger partial charge in [-0.15, -0.1) is 0 Å². The molecule has 0 radical (unpaired) electrons. The molecular weight excluding hydrogens is 274 g/mol. The van der Waals surface area contributed by atoms with Crippen LogP contribution in [0.15, 0.2) is 29.4 Å². The maximum Gasteiger partial charge on any atom is 0.318 e. The third kappa shape index (κ3) is 3.19. The largest absolute Gasteiger partial charge is 0.468 e. The van der Waals surface area contributed by atoms with Crippen LogP contribution in [0.25, 0.3) is 10.9 Å². The Balaban J connectivity index is 2.37. The molecule has 1 unspecified atom stereocenters. The van der Waals surface area contributed by atoms with Gasteiger partial charge in [0.1, 0.15) is 11.1 Å². The first-order valence-electron chi connectivity index (χ1n) is 6.40. The summed E-state index contributed by atoms with van der Waals surface area (Å²) in [6.45, 7) is 4.57. The summed E-state index contributed by atoms with van der Waals surface area (Å²) in [5.74, 6) is 0.509. The first kappa shape index (κ1) is 14.6. The van der Waals surface area contributed by atoms with Crippen LogP contribution in [0.2, 0.25) is 0 Å². The molecule has 20 heavy (non-hydrogen) atoms. The van der Waals surface area contributed by atoms with Crippen molar-refractivity contribution in [2.75, 3.05) is 19.0 Å². The Hall–Kier alpha value is -1.82. The second kappa shape index (κ2) is 6.56. The number of methoxy groups -OCH3 is 1. The van der Waals surface area contributed by atoms with Gasteiger partial charge in [0.25, 0.3) is 0 Å². The van der Waals surface area contributed by atoms with Gasteiger partial charge in [0, 0.05) is 11.9 Å². The number of benzene rings is 1. The van der Waals surface area contributed by atoms with Crippen LogP contribution in [0.5, 0.6) is 0 Å². The van der Waals surface area contributed by atoms with E-state index in [2.05, 4.69) is 15.3 Å². The molecule has 1 aromatic heterocycles. The Morgan fingerprint density at radius 2 is 2.15 bits per heavy atom. The van der Waals surface area contributed by atoms with Gasteiger partial charge < -0.3 is 10.1 Å². The summed E-state index contributed by atoms with van der Waals surface area (Å²) in [6.07, 6.45) is 0. The number of para-hydroxylation sites is 1. The number of carbonyl (C=O) groups is 1. The molecule has 0 spiro atoms. The van der Waals surface area contributed by atoms with Crippen molar-refractivity contribution in [2.24, 2.45) is 0 Å². The second-order valence-corrected chi connectivity index (χ2v) is 5.49. The summed E-state index contributed by atoms with van der Waals surface area (Å²) in [4.78, 5) is 20.4. The Labute approximate surface area is 122 Å². The number of nitrogens with zero attached hydrogens (tertiary/aromatic N) is 2. The van der Waals surface area contributed by atoms with Gasteiger partial charge >= 0.3 is 5.97 Å². The maximum atomic E-state index is 11.5. The number of ether oxygens (including phenoxy) is 1. The lowest BCUT2D eigenvalue weighted by Crippen LogP contribution is -2.15. The normalized spacial score (nSPS) is 12.2. The lowest BCUT2D eigenvalue weighted by atomic mass is 10.2. The second-order valence-electron chi connectivity index (χ2n) is 4.19. The van der Waals surface area contributed by atoms with E-state index in [-0.39, 0.29) is 11.2 Å². The van der Waals surface area contributed by atoms with E-state index in [1.807, 2.05) is 31.2 Å². The van der Waals surface area contributed by atoms with Crippen molar-refractivity contribution >= 4 is 34.5 Å². The fourth-order valence-corrected chi connectivity index (χ4v) is 2.59. The van der Waals surface area contributed by atoms with Crippen LogP contribution >= 0.6 is 11.8 Å². The maximum absolute atomic E-state index is 11.5. The summed E-state index contributed by atoms with van der Waals surface area (Å²) in [5.41, 5.74) is 0.859. The minimum atomic E-state index is -0.337. The molecule has 2 aromatic rings. The molecule has 0 fully saturated rings. The average Bonchev–Trinajstić information content (AvgIpc) is 2.46. The summed E-state index contributed by atoms with van der Waals surface area (Å²) in [6, 6.07) is 7.80. The van der Waals surface area contributed by atoms with Crippen LogP contribution in [-0.2, 0) is 9.53 Å². The highest BCUT2D eigenvalue weighted by Gasteiger charge is 2.17. The number of esters is 1. The Bertz CT molecular complexity index is 618. The van der Waals surface area contributed by atoms with E-state index in [9.17, 15) is 4.79 Å². The van der Waals surface area contributed by atoms with Crippen LogP contribution in [0, 0.1) is 0 Å².